The van der Waals surface area contributed by atoms with Crippen molar-refractivity contribution >= 4 is 44.3 Å². The average molecular weight is 600 g/mol. The summed E-state index contributed by atoms with van der Waals surface area (Å²) >= 11 is 6.34. The fraction of sp³-hybridized carbons (Fsp3) is 0.467. The number of aromatic nitrogens is 1. The molecule has 0 aliphatic carbocycles. The highest BCUT2D eigenvalue weighted by Crippen LogP contribution is 2.29. The first-order valence-corrected chi connectivity index (χ1v) is 16.3. The molecule has 2 aliphatic heterocycles. The van der Waals surface area contributed by atoms with Crippen LogP contribution in [0.3, 0.4) is 0 Å². The zero-order chi connectivity index (χ0) is 29.3. The third-order valence-electron chi connectivity index (χ3n) is 8.05. The van der Waals surface area contributed by atoms with Crippen LogP contribution in [0.5, 0.6) is 0 Å². The van der Waals surface area contributed by atoms with E-state index in [0.717, 1.165) is 29.7 Å². The largest absolute Gasteiger partial charge is 0.336 e. The maximum Gasteiger partial charge on any atom is 0.270 e. The lowest BCUT2D eigenvalue weighted by Crippen LogP contribution is -2.51. The Balaban J connectivity index is 1.45. The number of piperazine rings is 2. The summed E-state index contributed by atoms with van der Waals surface area (Å²) in [4.78, 5) is 33.3. The second-order valence-electron chi connectivity index (χ2n) is 11.0. The summed E-state index contributed by atoms with van der Waals surface area (Å²) in [7, 11) is -3.32. The summed E-state index contributed by atoms with van der Waals surface area (Å²) in [6.45, 7) is 10.4. The molecule has 2 aromatic carbocycles. The third kappa shape index (κ3) is 6.16. The molecule has 0 radical (unpaired) electrons. The number of amides is 2. The van der Waals surface area contributed by atoms with Crippen molar-refractivity contribution in [2.45, 2.75) is 33.2 Å². The molecule has 0 atom stereocenters. The smallest absolute Gasteiger partial charge is 0.270 e. The Labute approximate surface area is 247 Å². The maximum atomic E-state index is 13.9. The summed E-state index contributed by atoms with van der Waals surface area (Å²) in [5.74, 6) is -0.0900. The summed E-state index contributed by atoms with van der Waals surface area (Å²) in [5, 5.41) is 1.33. The molecular weight excluding hydrogens is 562 g/mol. The standard InChI is InChI=1S/C30H38ClN5O4S/c1-4-18-41(39,40)35-16-14-34(15-17-35)30(38)28-20-24-19-23(29(37)33-12-10-32(11-13-33)22(2)3)8-9-27(24)36(28)26-7-5-6-25(31)21-26/h5-9,19-22H,4,10-18H2,1-3H3. The molecule has 5 rings (SSSR count). The molecule has 2 fully saturated rings. The van der Waals surface area contributed by atoms with E-state index in [0.29, 0.717) is 54.9 Å². The van der Waals surface area contributed by atoms with Crippen LogP contribution in [0.15, 0.2) is 48.5 Å². The van der Waals surface area contributed by atoms with E-state index in [9.17, 15) is 18.0 Å². The molecule has 220 valence electrons. The van der Waals surface area contributed by atoms with Crippen LogP contribution in [0, 0.1) is 0 Å². The lowest BCUT2D eigenvalue weighted by atomic mass is 10.1. The molecule has 0 unspecified atom stereocenters. The van der Waals surface area contributed by atoms with E-state index in [-0.39, 0.29) is 30.7 Å². The van der Waals surface area contributed by atoms with Crippen molar-refractivity contribution in [1.29, 1.82) is 0 Å². The van der Waals surface area contributed by atoms with Gasteiger partial charge in [-0.3, -0.25) is 14.5 Å². The summed E-state index contributed by atoms with van der Waals surface area (Å²) < 4.78 is 28.4. The Hall–Kier alpha value is -2.92. The van der Waals surface area contributed by atoms with Crippen LogP contribution in [-0.2, 0) is 10.0 Å². The topological polar surface area (TPSA) is 86.2 Å². The van der Waals surface area contributed by atoms with Gasteiger partial charge in [-0.25, -0.2) is 8.42 Å². The minimum Gasteiger partial charge on any atom is -0.336 e. The summed E-state index contributed by atoms with van der Waals surface area (Å²) in [6.07, 6.45) is 0.555. The van der Waals surface area contributed by atoms with Crippen LogP contribution >= 0.6 is 11.6 Å². The minimum absolute atomic E-state index is 0.0110. The van der Waals surface area contributed by atoms with Gasteiger partial charge in [0.05, 0.1) is 11.3 Å². The van der Waals surface area contributed by atoms with Crippen LogP contribution in [-0.4, -0.2) is 108 Å². The van der Waals surface area contributed by atoms with Gasteiger partial charge in [0.1, 0.15) is 5.69 Å². The summed E-state index contributed by atoms with van der Waals surface area (Å²) in [5.41, 5.74) is 2.57. The number of hydrogen-bond donors (Lipinski definition) is 0. The minimum atomic E-state index is -3.32. The van der Waals surface area contributed by atoms with Gasteiger partial charge in [-0.1, -0.05) is 24.6 Å². The number of hydrogen-bond acceptors (Lipinski definition) is 5. The Morgan fingerprint density at radius 1 is 0.854 bits per heavy atom. The first-order valence-electron chi connectivity index (χ1n) is 14.3. The number of nitrogens with zero attached hydrogens (tertiary/aromatic N) is 5. The third-order valence-corrected chi connectivity index (χ3v) is 10.4. The van der Waals surface area contributed by atoms with Gasteiger partial charge in [-0.2, -0.15) is 4.31 Å². The molecule has 3 aromatic rings. The predicted molar refractivity (Wildman–Crippen MR) is 162 cm³/mol. The number of sulfonamides is 1. The van der Waals surface area contributed by atoms with Gasteiger partial charge in [0.15, 0.2) is 0 Å². The van der Waals surface area contributed by atoms with Crippen molar-refractivity contribution in [2.75, 3.05) is 58.1 Å². The van der Waals surface area contributed by atoms with Crippen LogP contribution in [0.4, 0.5) is 0 Å². The van der Waals surface area contributed by atoms with Crippen LogP contribution < -0.4 is 0 Å². The van der Waals surface area contributed by atoms with Crippen molar-refractivity contribution < 1.29 is 18.0 Å². The van der Waals surface area contributed by atoms with E-state index in [1.54, 1.807) is 17.0 Å². The Bertz CT molecular complexity index is 1540. The van der Waals surface area contributed by atoms with Crippen molar-refractivity contribution in [3.05, 3.63) is 64.8 Å². The molecule has 11 heteroatoms. The van der Waals surface area contributed by atoms with Gasteiger partial charge in [0, 0.05) is 80.1 Å². The number of fused-ring (bicyclic) bond motifs is 1. The molecule has 2 aliphatic rings. The molecule has 2 saturated heterocycles. The van der Waals surface area contributed by atoms with Gasteiger partial charge < -0.3 is 14.4 Å². The fourth-order valence-corrected chi connectivity index (χ4v) is 7.42. The number of carbonyl (C=O) groups excluding carboxylic acids is 2. The lowest BCUT2D eigenvalue weighted by Gasteiger charge is -2.37. The van der Waals surface area contributed by atoms with Crippen LogP contribution in [0.1, 0.15) is 48.0 Å². The molecule has 0 saturated carbocycles. The molecule has 1 aromatic heterocycles. The number of benzene rings is 2. The second-order valence-corrected chi connectivity index (χ2v) is 13.6. The van der Waals surface area contributed by atoms with E-state index in [2.05, 4.69) is 18.7 Å². The molecule has 41 heavy (non-hydrogen) atoms. The lowest BCUT2D eigenvalue weighted by molar-refractivity contribution is 0.0595. The Morgan fingerprint density at radius 3 is 2.15 bits per heavy atom. The highest BCUT2D eigenvalue weighted by atomic mass is 35.5. The highest BCUT2D eigenvalue weighted by molar-refractivity contribution is 7.89. The number of carbonyl (C=O) groups is 2. The quantitative estimate of drug-likeness (QED) is 0.411. The molecule has 9 nitrogen and oxygen atoms in total. The van der Waals surface area contributed by atoms with E-state index >= 15 is 0 Å². The van der Waals surface area contributed by atoms with Gasteiger partial charge in [0.25, 0.3) is 11.8 Å². The van der Waals surface area contributed by atoms with Crippen molar-refractivity contribution in [2.24, 2.45) is 0 Å². The SMILES string of the molecule is CCCS(=O)(=O)N1CCN(C(=O)c2cc3cc(C(=O)N4CCN(C(C)C)CC4)ccc3n2-c2cccc(Cl)c2)CC1. The van der Waals surface area contributed by atoms with E-state index in [1.807, 2.05) is 52.8 Å². The monoisotopic (exact) mass is 599 g/mol. The second kappa shape index (κ2) is 12.1. The molecule has 0 N–H and O–H groups in total. The highest BCUT2D eigenvalue weighted by Gasteiger charge is 2.31. The van der Waals surface area contributed by atoms with Gasteiger partial charge in [0.2, 0.25) is 10.0 Å². The zero-order valence-corrected chi connectivity index (χ0v) is 25.5. The van der Waals surface area contributed by atoms with Crippen LogP contribution in [0.2, 0.25) is 5.02 Å². The van der Waals surface area contributed by atoms with E-state index in [1.165, 1.54) is 4.31 Å². The zero-order valence-electron chi connectivity index (χ0n) is 23.9. The molecule has 0 bridgehead atoms. The first kappa shape index (κ1) is 29.6. The van der Waals surface area contributed by atoms with Gasteiger partial charge in [-0.15, -0.1) is 0 Å². The van der Waals surface area contributed by atoms with E-state index < -0.39 is 10.0 Å². The Morgan fingerprint density at radius 2 is 1.51 bits per heavy atom. The molecule has 3 heterocycles. The fourth-order valence-electron chi connectivity index (χ4n) is 5.74. The number of halogens is 1. The average Bonchev–Trinajstić information content (AvgIpc) is 3.35. The molecular formula is C30H38ClN5O4S. The normalized spacial score (nSPS) is 17.5. The van der Waals surface area contributed by atoms with Crippen LogP contribution in [0.25, 0.3) is 16.6 Å². The first-order chi connectivity index (χ1) is 19.6. The Kier molecular flexibility index (Phi) is 8.75. The molecule has 2 amide bonds. The van der Waals surface area contributed by atoms with Gasteiger partial charge in [-0.05, 0) is 62.7 Å². The number of rotatable bonds is 7. The molecule has 0 spiro atoms. The maximum absolute atomic E-state index is 13.9. The van der Waals surface area contributed by atoms with E-state index in [4.69, 9.17) is 11.6 Å². The predicted octanol–water partition coefficient (Wildman–Crippen LogP) is 3.95. The summed E-state index contributed by atoms with van der Waals surface area (Å²) in [6, 6.07) is 15.2. The van der Waals surface area contributed by atoms with Gasteiger partial charge >= 0.3 is 0 Å². The van der Waals surface area contributed by atoms with Crippen molar-refractivity contribution in [3.63, 3.8) is 0 Å². The van der Waals surface area contributed by atoms with Crippen molar-refractivity contribution in [1.82, 2.24) is 23.6 Å². The van der Waals surface area contributed by atoms with Crippen molar-refractivity contribution in [3.8, 4) is 5.69 Å².